The summed E-state index contributed by atoms with van der Waals surface area (Å²) in [4.78, 5) is 0. The van der Waals surface area contributed by atoms with Gasteiger partial charge in [0, 0.05) is 0 Å². The van der Waals surface area contributed by atoms with E-state index in [9.17, 15) is 0 Å². The van der Waals surface area contributed by atoms with Crippen molar-refractivity contribution in [2.75, 3.05) is 0 Å². The van der Waals surface area contributed by atoms with Crippen LogP contribution in [0.5, 0.6) is 0 Å². The van der Waals surface area contributed by atoms with Crippen molar-refractivity contribution in [3.8, 4) is 0 Å². The third-order valence-electron chi connectivity index (χ3n) is 0. The zero-order chi connectivity index (χ0) is 0. The van der Waals surface area contributed by atoms with Crippen molar-refractivity contribution < 1.29 is 82.3 Å². The van der Waals surface area contributed by atoms with E-state index in [1.165, 1.54) is 0 Å². The molecule has 4 heavy (non-hydrogen) atoms. The largest absolute Gasteiger partial charge is 1.00 e. The van der Waals surface area contributed by atoms with Crippen molar-refractivity contribution in [3.63, 3.8) is 0 Å². The van der Waals surface area contributed by atoms with Gasteiger partial charge in [-0.15, -0.1) is 0 Å². The van der Waals surface area contributed by atoms with Crippen LogP contribution in [0.4, 0.5) is 0 Å². The molecule has 0 spiro atoms. The molecule has 0 amide bonds. The summed E-state index contributed by atoms with van der Waals surface area (Å²) in [5.41, 5.74) is 0. The molecule has 0 aliphatic rings. The van der Waals surface area contributed by atoms with Crippen molar-refractivity contribution in [2.45, 2.75) is 0 Å². The van der Waals surface area contributed by atoms with Crippen LogP contribution in [-0.2, 0) is 0 Å². The molecule has 1 nitrogen and oxygen atoms in total. The van der Waals surface area contributed by atoms with Crippen LogP contribution in [0.2, 0.25) is 0 Å². The second kappa shape index (κ2) is 17.6. The minimum Gasteiger partial charge on any atom is -1.00 e. The van der Waals surface area contributed by atoms with Gasteiger partial charge in [-0.05, 0) is 0 Å². The first-order valence-electron chi connectivity index (χ1n) is 0. The summed E-state index contributed by atoms with van der Waals surface area (Å²) in [6, 6.07) is 0. The minimum atomic E-state index is 0. The topological polar surface area (TPSA) is 35.0 Å². The summed E-state index contributed by atoms with van der Waals surface area (Å²) in [6.07, 6.45) is 0. The van der Waals surface area contributed by atoms with Crippen LogP contribution in [0.3, 0.4) is 0 Å². The van der Waals surface area contributed by atoms with Gasteiger partial charge >= 0.3 is 78.0 Å². The van der Waals surface area contributed by atoms with E-state index in [4.69, 9.17) is 0 Å². The standard InChI is InChI=1S/Li.H3N.2Na.3H/h;1H3;;;;;/q+1;;2*+1;3*-1. The van der Waals surface area contributed by atoms with Gasteiger partial charge in [0.15, 0.2) is 0 Å². The third kappa shape index (κ3) is 8.82. The van der Waals surface area contributed by atoms with Gasteiger partial charge in [0.1, 0.15) is 0 Å². The molecule has 0 bridgehead atoms. The van der Waals surface area contributed by atoms with E-state index in [1.54, 1.807) is 0 Å². The molecule has 0 aromatic heterocycles. The molecule has 0 aliphatic heterocycles. The smallest absolute Gasteiger partial charge is 1.00 e. The Bertz CT molecular complexity index is 12.9. The molecular formula is H6LiNNa2. The molecule has 0 atom stereocenters. The fraction of sp³-hybridized carbons (Fsp3) is 0. The molecule has 0 radical (unpaired) electrons. The van der Waals surface area contributed by atoms with Gasteiger partial charge in [-0.3, -0.25) is 0 Å². The zero-order valence-corrected chi connectivity index (χ0v) is 7.71. The van der Waals surface area contributed by atoms with Gasteiger partial charge in [-0.25, -0.2) is 0 Å². The maximum absolute atomic E-state index is 0. The Hall–Kier alpha value is 2.56. The summed E-state index contributed by atoms with van der Waals surface area (Å²) in [5.74, 6) is 0. The molecule has 0 aromatic rings. The van der Waals surface area contributed by atoms with Crippen molar-refractivity contribution >= 4 is 0 Å². The van der Waals surface area contributed by atoms with Gasteiger partial charge in [0.05, 0.1) is 0 Å². The maximum Gasteiger partial charge on any atom is 1.00 e. The Labute approximate surface area is 87.1 Å². The van der Waals surface area contributed by atoms with Gasteiger partial charge in [-0.1, -0.05) is 0 Å². The van der Waals surface area contributed by atoms with Crippen molar-refractivity contribution in [1.82, 2.24) is 6.15 Å². The Morgan fingerprint density at radius 3 is 1.00 bits per heavy atom. The van der Waals surface area contributed by atoms with Crippen LogP contribution in [0.15, 0.2) is 0 Å². The van der Waals surface area contributed by atoms with Crippen LogP contribution >= 0.6 is 0 Å². The van der Waals surface area contributed by atoms with E-state index in [0.29, 0.717) is 0 Å². The SMILES string of the molecule is N.[H-].[H-].[H-].[Li+].[Na+].[Na+]. The molecule has 0 heterocycles. The second-order valence-electron chi connectivity index (χ2n) is 0. The number of hydrogen-bond acceptors (Lipinski definition) is 1. The molecule has 3 N–H and O–H groups in total. The Balaban J connectivity index is 0. The average Bonchev–Trinajstić information content (AvgIpc) is 0. The Morgan fingerprint density at radius 1 is 1.00 bits per heavy atom. The first kappa shape index (κ1) is 31.0. The van der Waals surface area contributed by atoms with Gasteiger partial charge in [0.25, 0.3) is 0 Å². The van der Waals surface area contributed by atoms with Gasteiger partial charge in [0.2, 0.25) is 0 Å². The fourth-order valence-electron chi connectivity index (χ4n) is 0. The van der Waals surface area contributed by atoms with E-state index in [-0.39, 0.29) is 88.4 Å². The van der Waals surface area contributed by atoms with Gasteiger partial charge in [-0.2, -0.15) is 0 Å². The predicted octanol–water partition coefficient (Wildman–Crippen LogP) is -8.49. The monoisotopic (exact) mass is 73.0 g/mol. The summed E-state index contributed by atoms with van der Waals surface area (Å²) < 4.78 is 0. The van der Waals surface area contributed by atoms with Crippen LogP contribution in [0.1, 0.15) is 4.28 Å². The Kier molecular flexibility index (Phi) is 137. The molecule has 0 saturated heterocycles. The third-order valence-corrected chi connectivity index (χ3v) is 0. The molecular weight excluding hydrogens is 66.9 g/mol. The molecule has 14 valence electrons. The second-order valence-corrected chi connectivity index (χ2v) is 0. The zero-order valence-electron chi connectivity index (χ0n) is 6.71. The van der Waals surface area contributed by atoms with Crippen molar-refractivity contribution in [2.24, 2.45) is 0 Å². The minimum absolute atomic E-state index is 0. The fourth-order valence-corrected chi connectivity index (χ4v) is 0. The van der Waals surface area contributed by atoms with Crippen molar-refractivity contribution in [3.05, 3.63) is 0 Å². The predicted molar refractivity (Wildman–Crippen MR) is 8.36 cm³/mol. The molecule has 0 saturated carbocycles. The molecule has 4 heteroatoms. The van der Waals surface area contributed by atoms with E-state index in [0.717, 1.165) is 0 Å². The van der Waals surface area contributed by atoms with E-state index in [2.05, 4.69) is 0 Å². The maximum atomic E-state index is 0. The molecule has 0 fully saturated rings. The van der Waals surface area contributed by atoms with Crippen LogP contribution in [-0.4, -0.2) is 0 Å². The van der Waals surface area contributed by atoms with E-state index >= 15 is 0 Å². The van der Waals surface area contributed by atoms with Crippen LogP contribution < -0.4 is 84.1 Å². The molecule has 0 aliphatic carbocycles. The summed E-state index contributed by atoms with van der Waals surface area (Å²) in [5, 5.41) is 0. The summed E-state index contributed by atoms with van der Waals surface area (Å²) >= 11 is 0. The average molecular weight is 73.0 g/mol. The van der Waals surface area contributed by atoms with Gasteiger partial charge < -0.3 is 10.4 Å². The molecule has 0 unspecified atom stereocenters. The number of rotatable bonds is 0. The summed E-state index contributed by atoms with van der Waals surface area (Å²) in [6.45, 7) is 0. The molecule has 0 aromatic carbocycles. The quantitative estimate of drug-likeness (QED) is 0.284. The first-order chi connectivity index (χ1) is 0. The summed E-state index contributed by atoms with van der Waals surface area (Å²) in [7, 11) is 0. The van der Waals surface area contributed by atoms with Crippen LogP contribution in [0.25, 0.3) is 0 Å². The normalized spacial score (nSPS) is 0. The Morgan fingerprint density at radius 2 is 1.00 bits per heavy atom. The van der Waals surface area contributed by atoms with E-state index in [1.807, 2.05) is 0 Å². The van der Waals surface area contributed by atoms with E-state index < -0.39 is 0 Å². The molecule has 0 rings (SSSR count). The number of hydrogen-bond donors (Lipinski definition) is 1. The van der Waals surface area contributed by atoms with Crippen LogP contribution in [0, 0.1) is 0 Å². The van der Waals surface area contributed by atoms with Crippen molar-refractivity contribution in [1.29, 1.82) is 0 Å². The first-order valence-corrected chi connectivity index (χ1v) is 0.